The number of ketones is 1. The van der Waals surface area contributed by atoms with Gasteiger partial charge in [-0.3, -0.25) is 9.48 Å². The number of benzene rings is 1. The molecule has 0 saturated carbocycles. The van der Waals surface area contributed by atoms with Crippen molar-refractivity contribution in [2.75, 3.05) is 39.3 Å². The fourth-order valence-electron chi connectivity index (χ4n) is 6.39. The Balaban J connectivity index is 0.966. The molecule has 2 saturated heterocycles. The van der Waals surface area contributed by atoms with Crippen LogP contribution in [0.2, 0.25) is 0 Å². The molecule has 2 fully saturated rings. The topological polar surface area (TPSA) is 129 Å². The molecule has 44 heavy (non-hydrogen) atoms. The number of rotatable bonds is 10. The molecule has 0 aliphatic carbocycles. The molecule has 4 aromatic rings. The zero-order valence-electron chi connectivity index (χ0n) is 24.5. The second-order valence-electron chi connectivity index (χ2n) is 11.7. The van der Waals surface area contributed by atoms with Gasteiger partial charge in [0.05, 0.1) is 11.9 Å². The van der Waals surface area contributed by atoms with E-state index in [1.54, 1.807) is 29.1 Å². The number of likely N-dealkylation sites (tertiary alicyclic amines) is 1. The molecular formula is C30H36F2N8O3S. The van der Waals surface area contributed by atoms with Gasteiger partial charge in [-0.05, 0) is 74.9 Å². The third-order valence-corrected chi connectivity index (χ3v) is 10.4. The monoisotopic (exact) mass is 626 g/mol. The first kappa shape index (κ1) is 30.4. The van der Waals surface area contributed by atoms with Crippen molar-refractivity contribution in [3.05, 3.63) is 65.7 Å². The summed E-state index contributed by atoms with van der Waals surface area (Å²) >= 11 is 0. The van der Waals surface area contributed by atoms with E-state index in [9.17, 15) is 22.0 Å². The Kier molecular flexibility index (Phi) is 8.85. The second-order valence-corrected chi connectivity index (χ2v) is 13.4. The number of nitrogens with zero attached hydrogens (tertiary/aromatic N) is 6. The largest absolute Gasteiger partial charge is 0.352 e. The minimum atomic E-state index is -3.61. The van der Waals surface area contributed by atoms with Crippen LogP contribution >= 0.6 is 0 Å². The maximum absolute atomic E-state index is 14.0. The second kappa shape index (κ2) is 12.8. The molecule has 1 aromatic carbocycles. The molecule has 5 heterocycles. The normalized spacial score (nSPS) is 17.9. The smallest absolute Gasteiger partial charge is 0.279 e. The fraction of sp³-hybridized carbons (Fsp3) is 0.467. The lowest BCUT2D eigenvalue weighted by molar-refractivity contribution is 0.101. The van der Waals surface area contributed by atoms with Crippen LogP contribution in [-0.2, 0) is 16.8 Å². The van der Waals surface area contributed by atoms with Gasteiger partial charge >= 0.3 is 0 Å². The molecule has 2 N–H and O–H groups in total. The Morgan fingerprint density at radius 2 is 1.86 bits per heavy atom. The number of carbonyl (C=O) groups is 1. The zero-order chi connectivity index (χ0) is 30.8. The lowest BCUT2D eigenvalue weighted by Crippen LogP contribution is -2.47. The molecule has 2 aliphatic rings. The minimum Gasteiger partial charge on any atom is -0.352 e. The van der Waals surface area contributed by atoms with Crippen molar-refractivity contribution in [1.29, 1.82) is 0 Å². The Bertz CT molecular complexity index is 1740. The number of H-pyrrole nitrogens is 1. The summed E-state index contributed by atoms with van der Waals surface area (Å²) in [4.78, 5) is 21.3. The lowest BCUT2D eigenvalue weighted by atomic mass is 9.91. The minimum absolute atomic E-state index is 0.0309. The molecule has 14 heteroatoms. The number of carbonyl (C=O) groups excluding carboxylic acids is 1. The fourth-order valence-corrected chi connectivity index (χ4v) is 7.61. The molecule has 3 aromatic heterocycles. The van der Waals surface area contributed by atoms with E-state index in [4.69, 9.17) is 0 Å². The van der Waals surface area contributed by atoms with Gasteiger partial charge in [-0.1, -0.05) is 11.3 Å². The van der Waals surface area contributed by atoms with Crippen molar-refractivity contribution < 1.29 is 22.0 Å². The van der Waals surface area contributed by atoms with E-state index < -0.39 is 16.2 Å². The number of hydrogen-bond acceptors (Lipinski definition) is 7. The van der Waals surface area contributed by atoms with Crippen molar-refractivity contribution >= 4 is 26.9 Å². The van der Waals surface area contributed by atoms with Gasteiger partial charge < -0.3 is 9.88 Å². The number of fused-ring (bicyclic) bond motifs is 1. The van der Waals surface area contributed by atoms with E-state index in [1.165, 1.54) is 29.6 Å². The van der Waals surface area contributed by atoms with Crippen LogP contribution < -0.4 is 4.72 Å². The van der Waals surface area contributed by atoms with E-state index in [1.807, 2.05) is 0 Å². The summed E-state index contributed by atoms with van der Waals surface area (Å²) in [5.41, 5.74) is 2.68. The summed E-state index contributed by atoms with van der Waals surface area (Å²) in [5.74, 6) is -0.692. The first-order chi connectivity index (χ1) is 21.2. The molecule has 0 radical (unpaired) electrons. The van der Waals surface area contributed by atoms with Gasteiger partial charge in [-0.25, -0.2) is 14.1 Å². The molecular weight excluding hydrogens is 590 g/mol. The van der Waals surface area contributed by atoms with Crippen molar-refractivity contribution in [1.82, 2.24) is 38.9 Å². The van der Waals surface area contributed by atoms with Crippen molar-refractivity contribution in [3.63, 3.8) is 0 Å². The van der Waals surface area contributed by atoms with Gasteiger partial charge in [0.2, 0.25) is 5.95 Å². The highest BCUT2D eigenvalue weighted by atomic mass is 32.2. The third-order valence-electron chi connectivity index (χ3n) is 8.79. The summed E-state index contributed by atoms with van der Waals surface area (Å²) in [7, 11) is -3.61. The van der Waals surface area contributed by atoms with Gasteiger partial charge in [-0.15, -0.1) is 5.10 Å². The summed E-state index contributed by atoms with van der Waals surface area (Å²) in [6.45, 7) is 5.43. The average molecular weight is 627 g/mol. The summed E-state index contributed by atoms with van der Waals surface area (Å²) in [5, 5.41) is 9.19. The number of aromatic nitrogens is 5. The highest BCUT2D eigenvalue weighted by Crippen LogP contribution is 2.33. The molecule has 2 aliphatic heterocycles. The van der Waals surface area contributed by atoms with Crippen molar-refractivity contribution in [2.45, 2.75) is 45.1 Å². The SMILES string of the molecule is CC(=O)c1[nH]c2ccc(F)cc2c1-c1cn(CC2CCN(CCNS(=O)(=O)N3CCC(c4cccnc4F)CC3)CC2)nn1. The number of piperidine rings is 2. The van der Waals surface area contributed by atoms with Crippen LogP contribution in [0, 0.1) is 17.7 Å². The number of pyridine rings is 1. The van der Waals surface area contributed by atoms with Crippen LogP contribution in [0.25, 0.3) is 22.2 Å². The van der Waals surface area contributed by atoms with Crippen molar-refractivity contribution in [3.8, 4) is 11.3 Å². The van der Waals surface area contributed by atoms with Gasteiger partial charge in [0.25, 0.3) is 10.2 Å². The van der Waals surface area contributed by atoms with Gasteiger partial charge in [-0.2, -0.15) is 17.1 Å². The number of nitrogens with one attached hydrogen (secondary N) is 2. The zero-order valence-corrected chi connectivity index (χ0v) is 25.4. The van der Waals surface area contributed by atoms with Crippen LogP contribution in [0.3, 0.4) is 0 Å². The van der Waals surface area contributed by atoms with E-state index in [0.717, 1.165) is 25.9 Å². The Hall–Kier alpha value is -3.59. The van der Waals surface area contributed by atoms with Gasteiger partial charge in [0, 0.05) is 67.9 Å². The summed E-state index contributed by atoms with van der Waals surface area (Å²) in [6.07, 6.45) is 6.19. The highest BCUT2D eigenvalue weighted by molar-refractivity contribution is 7.87. The van der Waals surface area contributed by atoms with Crippen molar-refractivity contribution in [2.24, 2.45) is 5.92 Å². The Morgan fingerprint density at radius 3 is 2.59 bits per heavy atom. The van der Waals surface area contributed by atoms with Crippen LogP contribution in [0.4, 0.5) is 8.78 Å². The molecule has 11 nitrogen and oxygen atoms in total. The van der Waals surface area contributed by atoms with E-state index in [2.05, 4.69) is 29.9 Å². The van der Waals surface area contributed by atoms with Crippen LogP contribution in [-0.4, -0.2) is 87.6 Å². The maximum Gasteiger partial charge on any atom is 0.279 e. The Morgan fingerprint density at radius 1 is 1.09 bits per heavy atom. The standard InChI is InChI=1S/C30H36F2N8O3S/c1-20(41)29-28(25-17-23(31)4-5-26(25)35-29)27-19-39(37-36-27)18-21-6-12-38(13-7-21)16-11-34-44(42,43)40-14-8-22(9-15-40)24-3-2-10-33-30(24)32/h2-5,10,17,19,21-22,34-35H,6-9,11-16,18H2,1H3. The molecule has 0 atom stereocenters. The quantitative estimate of drug-likeness (QED) is 0.203. The molecule has 0 unspecified atom stereocenters. The maximum atomic E-state index is 14.0. The predicted octanol–water partition coefficient (Wildman–Crippen LogP) is 3.73. The first-order valence-corrected chi connectivity index (χ1v) is 16.4. The summed E-state index contributed by atoms with van der Waals surface area (Å²) < 4.78 is 59.8. The molecule has 234 valence electrons. The number of halogens is 2. The number of Topliss-reactive ketones (excluding diaryl/α,β-unsaturated/α-hetero) is 1. The summed E-state index contributed by atoms with van der Waals surface area (Å²) in [6, 6.07) is 7.79. The van der Waals surface area contributed by atoms with Crippen LogP contribution in [0.15, 0.2) is 42.7 Å². The number of hydrogen-bond donors (Lipinski definition) is 2. The molecule has 0 spiro atoms. The first-order valence-electron chi connectivity index (χ1n) is 15.0. The Labute approximate surface area is 254 Å². The van der Waals surface area contributed by atoms with Gasteiger partial charge in [0.1, 0.15) is 11.5 Å². The lowest BCUT2D eigenvalue weighted by Gasteiger charge is -2.33. The predicted molar refractivity (Wildman–Crippen MR) is 161 cm³/mol. The third kappa shape index (κ3) is 6.58. The van der Waals surface area contributed by atoms with E-state index in [-0.39, 0.29) is 17.5 Å². The molecule has 6 rings (SSSR count). The van der Waals surface area contributed by atoms with E-state index >= 15 is 0 Å². The molecule has 0 amide bonds. The van der Waals surface area contributed by atoms with Crippen LogP contribution in [0.1, 0.15) is 54.6 Å². The van der Waals surface area contributed by atoms with Gasteiger partial charge in [0.15, 0.2) is 5.78 Å². The highest BCUT2D eigenvalue weighted by Gasteiger charge is 2.30. The molecule has 0 bridgehead atoms. The average Bonchev–Trinajstić information content (AvgIpc) is 3.62. The number of aromatic amines is 1. The van der Waals surface area contributed by atoms with Crippen LogP contribution in [0.5, 0.6) is 0 Å². The van der Waals surface area contributed by atoms with E-state index in [0.29, 0.717) is 84.9 Å².